The minimum Gasteiger partial charge on any atom is -0.364 e. The molecule has 8 heteroatoms. The molecule has 1 fully saturated rings. The highest BCUT2D eigenvalue weighted by Gasteiger charge is 2.44. The highest BCUT2D eigenvalue weighted by molar-refractivity contribution is 6.06. The molecule has 30 heavy (non-hydrogen) atoms. The second-order valence-corrected chi connectivity index (χ2v) is 7.72. The van der Waals surface area contributed by atoms with Crippen molar-refractivity contribution in [3.8, 4) is 11.1 Å². The van der Waals surface area contributed by atoms with Gasteiger partial charge in [0, 0.05) is 5.39 Å². The Bertz CT molecular complexity index is 1200. The molecule has 0 spiro atoms. The summed E-state index contributed by atoms with van der Waals surface area (Å²) in [5, 5.41) is 3.37. The Labute approximate surface area is 171 Å². The second kappa shape index (κ2) is 6.91. The molecule has 4 amide bonds. The molecule has 0 radical (unpaired) electrons. The summed E-state index contributed by atoms with van der Waals surface area (Å²) < 4.78 is 13.3. The molecule has 0 unspecified atom stereocenters. The average molecular weight is 406 g/mol. The molecule has 1 aromatic heterocycles. The van der Waals surface area contributed by atoms with Crippen molar-refractivity contribution in [1.82, 2.24) is 15.2 Å². The van der Waals surface area contributed by atoms with Gasteiger partial charge in [-0.05, 0) is 54.8 Å². The molecular formula is C22H19FN4O3. The molecule has 0 saturated carbocycles. The van der Waals surface area contributed by atoms with E-state index >= 15 is 0 Å². The Morgan fingerprint density at radius 1 is 1.13 bits per heavy atom. The van der Waals surface area contributed by atoms with Crippen molar-refractivity contribution < 1.29 is 18.8 Å². The van der Waals surface area contributed by atoms with Crippen LogP contribution in [0.1, 0.15) is 29.9 Å². The van der Waals surface area contributed by atoms with Crippen LogP contribution >= 0.6 is 0 Å². The average Bonchev–Trinajstić information content (AvgIpc) is 2.89. The SMILES string of the molecule is CC1(C)NC(=O)N(Cc2ccc3c(-c4ccc(F)cc4)cc(C(N)=O)nc3c2)C1=O. The molecule has 1 aliphatic rings. The Kier molecular flexibility index (Phi) is 4.49. The summed E-state index contributed by atoms with van der Waals surface area (Å²) in [6, 6.07) is 12.3. The molecule has 0 aliphatic carbocycles. The van der Waals surface area contributed by atoms with Crippen LogP contribution < -0.4 is 11.1 Å². The van der Waals surface area contributed by atoms with E-state index in [9.17, 15) is 18.8 Å². The number of benzene rings is 2. The minimum atomic E-state index is -0.957. The van der Waals surface area contributed by atoms with Gasteiger partial charge < -0.3 is 11.1 Å². The summed E-state index contributed by atoms with van der Waals surface area (Å²) in [4.78, 5) is 41.9. The number of imide groups is 1. The van der Waals surface area contributed by atoms with Gasteiger partial charge in [-0.3, -0.25) is 14.5 Å². The van der Waals surface area contributed by atoms with E-state index in [1.165, 1.54) is 12.1 Å². The molecule has 152 valence electrons. The van der Waals surface area contributed by atoms with Crippen molar-refractivity contribution in [3.05, 3.63) is 65.6 Å². The Morgan fingerprint density at radius 2 is 1.83 bits per heavy atom. The number of hydrogen-bond donors (Lipinski definition) is 2. The third-order valence-corrected chi connectivity index (χ3v) is 5.07. The highest BCUT2D eigenvalue weighted by Crippen LogP contribution is 2.30. The summed E-state index contributed by atoms with van der Waals surface area (Å²) >= 11 is 0. The van der Waals surface area contributed by atoms with Gasteiger partial charge in [0.05, 0.1) is 12.1 Å². The van der Waals surface area contributed by atoms with Crippen molar-refractivity contribution in [2.24, 2.45) is 5.73 Å². The second-order valence-electron chi connectivity index (χ2n) is 7.72. The lowest BCUT2D eigenvalue weighted by Gasteiger charge is -2.16. The van der Waals surface area contributed by atoms with Crippen LogP contribution in [-0.2, 0) is 11.3 Å². The number of carbonyl (C=O) groups excluding carboxylic acids is 3. The minimum absolute atomic E-state index is 0.0649. The number of rotatable bonds is 4. The number of carbonyl (C=O) groups is 3. The molecule has 2 aromatic carbocycles. The van der Waals surface area contributed by atoms with Crippen LogP contribution in [0.3, 0.4) is 0 Å². The number of fused-ring (bicyclic) bond motifs is 1. The lowest BCUT2D eigenvalue weighted by Crippen LogP contribution is -2.40. The molecule has 3 aromatic rings. The maximum absolute atomic E-state index is 13.3. The van der Waals surface area contributed by atoms with Gasteiger partial charge in [-0.25, -0.2) is 14.2 Å². The zero-order chi connectivity index (χ0) is 21.6. The number of nitrogens with two attached hydrogens (primary N) is 1. The fourth-order valence-corrected chi connectivity index (χ4v) is 3.51. The third-order valence-electron chi connectivity index (χ3n) is 5.07. The first-order valence-electron chi connectivity index (χ1n) is 9.29. The molecule has 2 heterocycles. The monoisotopic (exact) mass is 406 g/mol. The topological polar surface area (TPSA) is 105 Å². The molecule has 0 atom stereocenters. The summed E-state index contributed by atoms with van der Waals surface area (Å²) in [5.74, 6) is -1.38. The van der Waals surface area contributed by atoms with Gasteiger partial charge in [0.1, 0.15) is 17.1 Å². The zero-order valence-corrected chi connectivity index (χ0v) is 16.4. The van der Waals surface area contributed by atoms with Crippen LogP contribution in [0.25, 0.3) is 22.0 Å². The summed E-state index contributed by atoms with van der Waals surface area (Å²) in [5.41, 5.74) is 7.08. The van der Waals surface area contributed by atoms with E-state index in [2.05, 4.69) is 10.3 Å². The van der Waals surface area contributed by atoms with Crippen LogP contribution in [0.5, 0.6) is 0 Å². The van der Waals surface area contributed by atoms with Crippen LogP contribution in [0, 0.1) is 5.82 Å². The van der Waals surface area contributed by atoms with Gasteiger partial charge in [-0.1, -0.05) is 24.3 Å². The summed E-state index contributed by atoms with van der Waals surface area (Å²) in [6.07, 6.45) is 0. The lowest BCUT2D eigenvalue weighted by atomic mass is 9.98. The summed E-state index contributed by atoms with van der Waals surface area (Å²) in [7, 11) is 0. The van der Waals surface area contributed by atoms with Gasteiger partial charge in [-0.15, -0.1) is 0 Å². The molecule has 1 saturated heterocycles. The highest BCUT2D eigenvalue weighted by atomic mass is 19.1. The molecule has 4 rings (SSSR count). The third kappa shape index (κ3) is 3.36. The summed E-state index contributed by atoms with van der Waals surface area (Å²) in [6.45, 7) is 3.35. The first-order chi connectivity index (χ1) is 14.2. The number of halogens is 1. The fraction of sp³-hybridized carbons (Fsp3) is 0.182. The fourth-order valence-electron chi connectivity index (χ4n) is 3.51. The molecular weight excluding hydrogens is 387 g/mol. The lowest BCUT2D eigenvalue weighted by molar-refractivity contribution is -0.130. The first-order valence-corrected chi connectivity index (χ1v) is 9.29. The molecule has 3 N–H and O–H groups in total. The van der Waals surface area contributed by atoms with E-state index in [0.29, 0.717) is 22.2 Å². The molecule has 1 aliphatic heterocycles. The Morgan fingerprint density at radius 3 is 2.43 bits per heavy atom. The Hall–Kier alpha value is -3.81. The standard InChI is InChI=1S/C22H19FN4O3/c1-22(2)20(29)27(21(30)26-22)11-12-3-8-15-16(13-4-6-14(23)7-5-13)10-18(19(24)28)25-17(15)9-12/h3-10H,11H2,1-2H3,(H2,24,28)(H,26,30). The van der Waals surface area contributed by atoms with Crippen LogP contribution in [0.2, 0.25) is 0 Å². The van der Waals surface area contributed by atoms with E-state index in [-0.39, 0.29) is 24.0 Å². The van der Waals surface area contributed by atoms with E-state index in [1.807, 2.05) is 0 Å². The van der Waals surface area contributed by atoms with Crippen molar-refractivity contribution in [2.75, 3.05) is 0 Å². The van der Waals surface area contributed by atoms with Crippen molar-refractivity contribution in [3.63, 3.8) is 0 Å². The maximum Gasteiger partial charge on any atom is 0.325 e. The van der Waals surface area contributed by atoms with Gasteiger partial charge >= 0.3 is 6.03 Å². The predicted octanol–water partition coefficient (Wildman–Crippen LogP) is 2.97. The number of pyridine rings is 1. The smallest absolute Gasteiger partial charge is 0.325 e. The van der Waals surface area contributed by atoms with Gasteiger partial charge in [0.25, 0.3) is 11.8 Å². The van der Waals surface area contributed by atoms with Gasteiger partial charge in [-0.2, -0.15) is 0 Å². The molecule has 0 bridgehead atoms. The number of amides is 4. The first kappa shape index (κ1) is 19.5. The predicted molar refractivity (Wildman–Crippen MR) is 109 cm³/mol. The Balaban J connectivity index is 1.79. The van der Waals surface area contributed by atoms with Crippen molar-refractivity contribution in [2.45, 2.75) is 25.9 Å². The quantitative estimate of drug-likeness (QED) is 0.650. The van der Waals surface area contributed by atoms with Crippen molar-refractivity contribution in [1.29, 1.82) is 0 Å². The largest absolute Gasteiger partial charge is 0.364 e. The zero-order valence-electron chi connectivity index (χ0n) is 16.4. The molecule has 7 nitrogen and oxygen atoms in total. The maximum atomic E-state index is 13.3. The normalized spacial score (nSPS) is 15.5. The van der Waals surface area contributed by atoms with Crippen molar-refractivity contribution >= 4 is 28.7 Å². The van der Waals surface area contributed by atoms with E-state index in [0.717, 1.165) is 10.3 Å². The van der Waals surface area contributed by atoms with Gasteiger partial charge in [0.2, 0.25) is 0 Å². The number of aromatic nitrogens is 1. The van der Waals surface area contributed by atoms with E-state index < -0.39 is 17.5 Å². The van der Waals surface area contributed by atoms with Crippen LogP contribution in [0.15, 0.2) is 48.5 Å². The number of primary amides is 1. The van der Waals surface area contributed by atoms with Gasteiger partial charge in [0.15, 0.2) is 0 Å². The number of urea groups is 1. The van der Waals surface area contributed by atoms with Crippen LogP contribution in [0.4, 0.5) is 9.18 Å². The number of nitrogens with one attached hydrogen (secondary N) is 1. The number of hydrogen-bond acceptors (Lipinski definition) is 4. The van der Waals surface area contributed by atoms with Crippen LogP contribution in [-0.4, -0.2) is 33.3 Å². The van der Waals surface area contributed by atoms with E-state index in [4.69, 9.17) is 5.73 Å². The number of nitrogens with zero attached hydrogens (tertiary/aromatic N) is 2. The van der Waals surface area contributed by atoms with E-state index in [1.54, 1.807) is 50.2 Å².